The third kappa shape index (κ3) is 8.98. The molecule has 2 nitrogen and oxygen atoms in total. The number of nitrogens with one attached hydrogen (secondary N) is 1. The van der Waals surface area contributed by atoms with Gasteiger partial charge in [-0.05, 0) is 32.9 Å². The van der Waals surface area contributed by atoms with Crippen LogP contribution in [0.5, 0.6) is 0 Å². The van der Waals surface area contributed by atoms with Crippen LogP contribution in [0, 0.1) is 6.92 Å². The zero-order valence-corrected chi connectivity index (χ0v) is 11.3. The molecule has 1 saturated heterocycles. The van der Waals surface area contributed by atoms with Crippen molar-refractivity contribution in [1.29, 1.82) is 0 Å². The molecule has 0 saturated carbocycles. The number of piperidine rings is 1. The molecule has 0 bridgehead atoms. The average molecular weight is 265 g/mol. The molecule has 1 aromatic rings. The fraction of sp³-hybridized carbons (Fsp3) is 0.500. The Bertz CT molecular complexity index is 236. The summed E-state index contributed by atoms with van der Waals surface area (Å²) in [5.74, 6) is 0. The van der Waals surface area contributed by atoms with Gasteiger partial charge in [0, 0.05) is 6.04 Å². The Balaban J connectivity index is 0. The van der Waals surface area contributed by atoms with Crippen LogP contribution in [0.2, 0.25) is 0 Å². The van der Waals surface area contributed by atoms with Gasteiger partial charge in [-0.2, -0.15) is 0 Å². The summed E-state index contributed by atoms with van der Waals surface area (Å²) in [6.45, 7) is 4.31. The Morgan fingerprint density at radius 3 is 1.81 bits per heavy atom. The summed E-state index contributed by atoms with van der Waals surface area (Å²) in [6, 6.07) is 10.7. The van der Waals surface area contributed by atoms with E-state index >= 15 is 0 Å². The van der Waals surface area contributed by atoms with Crippen LogP contribution < -0.4 is 11.1 Å². The molecule has 0 aliphatic carbocycles. The van der Waals surface area contributed by atoms with Crippen molar-refractivity contribution in [3.63, 3.8) is 0 Å². The van der Waals surface area contributed by atoms with E-state index in [4.69, 9.17) is 5.73 Å². The Kier molecular flexibility index (Phi) is 12.7. The second-order valence-corrected chi connectivity index (χ2v) is 3.74. The first-order chi connectivity index (χ1) is 6.79. The fourth-order valence-corrected chi connectivity index (χ4v) is 1.38. The molecule has 2 rings (SSSR count). The Labute approximate surface area is 111 Å². The number of benzene rings is 1. The second kappa shape index (κ2) is 11.2. The first kappa shape index (κ1) is 18.1. The zero-order chi connectivity index (χ0) is 10.2. The van der Waals surface area contributed by atoms with E-state index < -0.39 is 0 Å². The summed E-state index contributed by atoms with van der Waals surface area (Å²) in [7, 11) is 0. The van der Waals surface area contributed by atoms with Gasteiger partial charge in [0.2, 0.25) is 0 Å². The predicted octanol–water partition coefficient (Wildman–Crippen LogP) is 2.54. The van der Waals surface area contributed by atoms with Crippen LogP contribution in [-0.2, 0) is 0 Å². The van der Waals surface area contributed by atoms with Gasteiger partial charge in [-0.1, -0.05) is 35.9 Å². The van der Waals surface area contributed by atoms with Crippen LogP contribution in [-0.4, -0.2) is 19.1 Å². The van der Waals surface area contributed by atoms with Crippen LogP contribution in [0.4, 0.5) is 0 Å². The number of nitrogens with two attached hydrogens (primary N) is 1. The van der Waals surface area contributed by atoms with Crippen LogP contribution in [0.3, 0.4) is 0 Å². The van der Waals surface area contributed by atoms with Crippen LogP contribution in [0.25, 0.3) is 0 Å². The van der Waals surface area contributed by atoms with Crippen LogP contribution in [0.1, 0.15) is 18.4 Å². The van der Waals surface area contributed by atoms with E-state index in [2.05, 4.69) is 24.4 Å². The molecule has 0 radical (unpaired) electrons. The fourth-order valence-electron chi connectivity index (χ4n) is 1.38. The Hall–Kier alpha value is -0.280. The molecule has 1 aliphatic rings. The molecule has 0 unspecified atom stereocenters. The average Bonchev–Trinajstić information content (AvgIpc) is 2.21. The summed E-state index contributed by atoms with van der Waals surface area (Å²) >= 11 is 0. The minimum atomic E-state index is 0. The minimum absolute atomic E-state index is 0. The van der Waals surface area contributed by atoms with E-state index in [1.54, 1.807) is 0 Å². The van der Waals surface area contributed by atoms with Gasteiger partial charge in [0.25, 0.3) is 0 Å². The lowest BCUT2D eigenvalue weighted by molar-refractivity contribution is 0.458. The number of rotatable bonds is 0. The lowest BCUT2D eigenvalue weighted by Crippen LogP contribution is -2.35. The largest absolute Gasteiger partial charge is 0.328 e. The smallest absolute Gasteiger partial charge is 0.00629 e. The van der Waals surface area contributed by atoms with Crippen molar-refractivity contribution in [2.45, 2.75) is 25.8 Å². The van der Waals surface area contributed by atoms with Gasteiger partial charge in [0.05, 0.1) is 0 Å². The molecule has 16 heavy (non-hydrogen) atoms. The Morgan fingerprint density at radius 1 is 1.06 bits per heavy atom. The summed E-state index contributed by atoms with van der Waals surface area (Å²) in [4.78, 5) is 0. The zero-order valence-electron chi connectivity index (χ0n) is 9.69. The lowest BCUT2D eigenvalue weighted by atomic mass is 10.1. The van der Waals surface area contributed by atoms with Crippen molar-refractivity contribution in [2.75, 3.05) is 13.1 Å². The van der Waals surface area contributed by atoms with Crippen LogP contribution in [0.15, 0.2) is 30.3 Å². The van der Waals surface area contributed by atoms with Gasteiger partial charge in [-0.3, -0.25) is 0 Å². The van der Waals surface area contributed by atoms with Gasteiger partial charge in [0.1, 0.15) is 0 Å². The molecule has 1 fully saturated rings. The predicted molar refractivity (Wildman–Crippen MR) is 75.8 cm³/mol. The molecular weight excluding hydrogens is 243 g/mol. The van der Waals surface area contributed by atoms with Crippen molar-refractivity contribution >= 4 is 24.8 Å². The van der Waals surface area contributed by atoms with Gasteiger partial charge < -0.3 is 11.1 Å². The van der Waals surface area contributed by atoms with Crippen molar-refractivity contribution in [2.24, 2.45) is 5.73 Å². The maximum absolute atomic E-state index is 5.59. The molecule has 1 aromatic carbocycles. The third-order valence-electron chi connectivity index (χ3n) is 2.32. The molecule has 1 aliphatic heterocycles. The van der Waals surface area contributed by atoms with Crippen molar-refractivity contribution in [1.82, 2.24) is 5.32 Å². The summed E-state index contributed by atoms with van der Waals surface area (Å²) in [5, 5.41) is 3.24. The molecule has 0 aromatic heterocycles. The van der Waals surface area contributed by atoms with Crippen LogP contribution >= 0.6 is 24.8 Å². The van der Waals surface area contributed by atoms with E-state index in [0.29, 0.717) is 6.04 Å². The van der Waals surface area contributed by atoms with E-state index in [1.165, 1.54) is 5.56 Å². The third-order valence-corrected chi connectivity index (χ3v) is 2.32. The van der Waals surface area contributed by atoms with Gasteiger partial charge >= 0.3 is 0 Å². The van der Waals surface area contributed by atoms with Crippen molar-refractivity contribution in [3.05, 3.63) is 35.9 Å². The molecule has 0 spiro atoms. The van der Waals surface area contributed by atoms with E-state index in [9.17, 15) is 0 Å². The highest BCUT2D eigenvalue weighted by atomic mass is 35.5. The molecule has 0 atom stereocenters. The number of aryl methyl sites for hydroxylation is 1. The molecule has 1 heterocycles. The first-order valence-electron chi connectivity index (χ1n) is 5.27. The SMILES string of the molecule is Cc1ccccc1.Cl.Cl.NC1CCNCC1. The number of hydrogen-bond acceptors (Lipinski definition) is 2. The highest BCUT2D eigenvalue weighted by Crippen LogP contribution is 1.96. The number of hydrogen-bond donors (Lipinski definition) is 2. The van der Waals surface area contributed by atoms with E-state index in [-0.39, 0.29) is 24.8 Å². The highest BCUT2D eigenvalue weighted by molar-refractivity contribution is 5.85. The minimum Gasteiger partial charge on any atom is -0.328 e. The normalized spacial score (nSPS) is 14.9. The van der Waals surface area contributed by atoms with Gasteiger partial charge in [-0.15, -0.1) is 24.8 Å². The number of halogens is 2. The molecule has 94 valence electrons. The molecule has 0 amide bonds. The summed E-state index contributed by atoms with van der Waals surface area (Å²) in [6.07, 6.45) is 2.31. The summed E-state index contributed by atoms with van der Waals surface area (Å²) in [5.41, 5.74) is 6.92. The van der Waals surface area contributed by atoms with Crippen molar-refractivity contribution < 1.29 is 0 Å². The second-order valence-electron chi connectivity index (χ2n) is 3.74. The summed E-state index contributed by atoms with van der Waals surface area (Å²) < 4.78 is 0. The maximum atomic E-state index is 5.59. The lowest BCUT2D eigenvalue weighted by Gasteiger charge is -2.17. The van der Waals surface area contributed by atoms with Gasteiger partial charge in [0.15, 0.2) is 0 Å². The monoisotopic (exact) mass is 264 g/mol. The van der Waals surface area contributed by atoms with E-state index in [0.717, 1.165) is 25.9 Å². The Morgan fingerprint density at radius 2 is 1.56 bits per heavy atom. The van der Waals surface area contributed by atoms with Gasteiger partial charge in [-0.25, -0.2) is 0 Å². The van der Waals surface area contributed by atoms with E-state index in [1.807, 2.05) is 18.2 Å². The quantitative estimate of drug-likeness (QED) is 0.756. The molecular formula is C12H22Cl2N2. The van der Waals surface area contributed by atoms with Crippen molar-refractivity contribution in [3.8, 4) is 0 Å². The highest BCUT2D eigenvalue weighted by Gasteiger charge is 2.05. The first-order valence-corrected chi connectivity index (χ1v) is 5.27. The molecule has 3 N–H and O–H groups in total. The maximum Gasteiger partial charge on any atom is 0.00629 e. The molecule has 4 heteroatoms. The standard InChI is InChI=1S/C7H8.C5H12N2.2ClH/c1-7-5-3-2-4-6-7;6-5-1-3-7-4-2-5;;/h2-6H,1H3;5,7H,1-4,6H2;2*1H. The topological polar surface area (TPSA) is 38.0 Å².